The van der Waals surface area contributed by atoms with Crippen LogP contribution in [0.2, 0.25) is 5.02 Å². The minimum atomic E-state index is -3.59. The largest absolute Gasteiger partial charge is 0.495 e. The van der Waals surface area contributed by atoms with Gasteiger partial charge < -0.3 is 19.4 Å². The van der Waals surface area contributed by atoms with Crippen LogP contribution >= 0.6 is 11.6 Å². The molecule has 0 aromatic heterocycles. The van der Waals surface area contributed by atoms with Crippen LogP contribution in [-0.2, 0) is 10.0 Å². The van der Waals surface area contributed by atoms with Gasteiger partial charge in [0.05, 0.1) is 17.7 Å². The van der Waals surface area contributed by atoms with Crippen LogP contribution in [0.5, 0.6) is 5.75 Å². The van der Waals surface area contributed by atoms with Gasteiger partial charge in [0.25, 0.3) is 5.91 Å². The third kappa shape index (κ3) is 5.17. The predicted molar refractivity (Wildman–Crippen MR) is 133 cm³/mol. The summed E-state index contributed by atoms with van der Waals surface area (Å²) in [5, 5.41) is 0.593. The molecule has 2 saturated heterocycles. The summed E-state index contributed by atoms with van der Waals surface area (Å²) in [6.07, 6.45) is 0. The molecule has 2 fully saturated rings. The summed E-state index contributed by atoms with van der Waals surface area (Å²) in [7, 11) is -2.01. The Hall–Kier alpha value is -2.33. The SMILES string of the molecule is CCN1CCN(S(=O)(=O)c2ccc(OC)c(N3CCN(C(=O)c4ccc(Cl)cc4)CC3)c2)CC1. The first kappa shape index (κ1) is 24.8. The number of hydrogen-bond acceptors (Lipinski definition) is 6. The van der Waals surface area contributed by atoms with E-state index in [-0.39, 0.29) is 10.8 Å². The number of carbonyl (C=O) groups excluding carboxylic acids is 1. The van der Waals surface area contributed by atoms with Crippen molar-refractivity contribution in [3.63, 3.8) is 0 Å². The summed E-state index contributed by atoms with van der Waals surface area (Å²) >= 11 is 5.93. The van der Waals surface area contributed by atoms with Gasteiger partial charge in [0.2, 0.25) is 10.0 Å². The highest BCUT2D eigenvalue weighted by Gasteiger charge is 2.30. The lowest BCUT2D eigenvalue weighted by molar-refractivity contribution is 0.0746. The van der Waals surface area contributed by atoms with Crippen LogP contribution in [0.15, 0.2) is 47.4 Å². The van der Waals surface area contributed by atoms with Gasteiger partial charge in [-0.3, -0.25) is 4.79 Å². The highest BCUT2D eigenvalue weighted by Crippen LogP contribution is 2.33. The number of carbonyl (C=O) groups is 1. The molecule has 2 aromatic rings. The van der Waals surface area contributed by atoms with Crippen LogP contribution in [0.1, 0.15) is 17.3 Å². The van der Waals surface area contributed by atoms with Crippen molar-refractivity contribution in [3.8, 4) is 5.75 Å². The van der Waals surface area contributed by atoms with E-state index in [1.54, 1.807) is 58.8 Å². The number of amides is 1. The third-order valence-corrected chi connectivity index (χ3v) is 8.71. The molecule has 0 spiro atoms. The van der Waals surface area contributed by atoms with Gasteiger partial charge in [0.15, 0.2) is 0 Å². The molecule has 0 unspecified atom stereocenters. The summed E-state index contributed by atoms with van der Waals surface area (Å²) in [6, 6.07) is 11.9. The number of nitrogens with zero attached hydrogens (tertiary/aromatic N) is 4. The van der Waals surface area contributed by atoms with Crippen molar-refractivity contribution in [1.82, 2.24) is 14.1 Å². The highest BCUT2D eigenvalue weighted by atomic mass is 35.5. The summed E-state index contributed by atoms with van der Waals surface area (Å²) in [5.41, 5.74) is 1.33. The first-order valence-corrected chi connectivity index (χ1v) is 13.4. The van der Waals surface area contributed by atoms with Crippen molar-refractivity contribution in [2.24, 2.45) is 0 Å². The van der Waals surface area contributed by atoms with Crippen molar-refractivity contribution in [2.75, 3.05) is 70.9 Å². The molecular weight excluding hydrogens is 476 g/mol. The lowest BCUT2D eigenvalue weighted by atomic mass is 10.1. The zero-order chi connectivity index (χ0) is 24.3. The van der Waals surface area contributed by atoms with E-state index >= 15 is 0 Å². The van der Waals surface area contributed by atoms with E-state index in [2.05, 4.69) is 16.7 Å². The summed E-state index contributed by atoms with van der Waals surface area (Å²) in [6.45, 7) is 7.68. The Morgan fingerprint density at radius 3 is 2.18 bits per heavy atom. The molecule has 0 bridgehead atoms. The molecule has 4 rings (SSSR count). The first-order chi connectivity index (χ1) is 16.3. The number of halogens is 1. The Labute approximate surface area is 206 Å². The maximum atomic E-state index is 13.3. The number of anilines is 1. The smallest absolute Gasteiger partial charge is 0.253 e. The second-order valence-corrected chi connectivity index (χ2v) is 10.8. The number of methoxy groups -OCH3 is 1. The number of sulfonamides is 1. The fourth-order valence-electron chi connectivity index (χ4n) is 4.44. The zero-order valence-corrected chi connectivity index (χ0v) is 21.2. The van der Waals surface area contributed by atoms with Gasteiger partial charge in [0, 0.05) is 62.9 Å². The number of benzene rings is 2. The Morgan fingerprint density at radius 2 is 1.59 bits per heavy atom. The van der Waals surface area contributed by atoms with E-state index in [4.69, 9.17) is 16.3 Å². The van der Waals surface area contributed by atoms with Crippen molar-refractivity contribution in [3.05, 3.63) is 53.1 Å². The minimum Gasteiger partial charge on any atom is -0.495 e. The molecule has 0 aliphatic carbocycles. The van der Waals surface area contributed by atoms with E-state index in [9.17, 15) is 13.2 Å². The van der Waals surface area contributed by atoms with Crippen molar-refractivity contribution >= 4 is 33.2 Å². The van der Waals surface area contributed by atoms with Crippen molar-refractivity contribution in [2.45, 2.75) is 11.8 Å². The topological polar surface area (TPSA) is 73.4 Å². The van der Waals surface area contributed by atoms with Crippen molar-refractivity contribution < 1.29 is 17.9 Å². The minimum absolute atomic E-state index is 0.0363. The summed E-state index contributed by atoms with van der Waals surface area (Å²) < 4.78 is 33.8. The Balaban J connectivity index is 1.48. The van der Waals surface area contributed by atoms with Gasteiger partial charge >= 0.3 is 0 Å². The molecule has 0 atom stereocenters. The Bertz CT molecular complexity index is 1110. The molecule has 0 saturated carbocycles. The number of ether oxygens (including phenoxy) is 1. The van der Waals surface area contributed by atoms with Crippen LogP contribution in [-0.4, -0.2) is 94.4 Å². The molecule has 0 radical (unpaired) electrons. The quantitative estimate of drug-likeness (QED) is 0.599. The molecule has 2 heterocycles. The first-order valence-electron chi connectivity index (χ1n) is 11.5. The van der Waals surface area contributed by atoms with E-state index < -0.39 is 10.0 Å². The van der Waals surface area contributed by atoms with Gasteiger partial charge in [-0.05, 0) is 49.0 Å². The van der Waals surface area contributed by atoms with E-state index in [1.807, 2.05) is 0 Å². The van der Waals surface area contributed by atoms with Gasteiger partial charge in [-0.2, -0.15) is 4.31 Å². The molecule has 2 aliphatic rings. The zero-order valence-electron chi connectivity index (χ0n) is 19.6. The fourth-order valence-corrected chi connectivity index (χ4v) is 6.01. The maximum Gasteiger partial charge on any atom is 0.253 e. The normalized spacial score (nSPS) is 18.2. The van der Waals surface area contributed by atoms with Gasteiger partial charge in [-0.1, -0.05) is 18.5 Å². The molecule has 2 aliphatic heterocycles. The number of hydrogen-bond donors (Lipinski definition) is 0. The highest BCUT2D eigenvalue weighted by molar-refractivity contribution is 7.89. The average Bonchev–Trinajstić information content (AvgIpc) is 2.88. The van der Waals surface area contributed by atoms with E-state index in [1.165, 1.54) is 0 Å². The van der Waals surface area contributed by atoms with Gasteiger partial charge in [-0.15, -0.1) is 0 Å². The molecule has 2 aromatic carbocycles. The van der Waals surface area contributed by atoms with Gasteiger partial charge in [0.1, 0.15) is 5.75 Å². The molecule has 184 valence electrons. The lowest BCUT2D eigenvalue weighted by Gasteiger charge is -2.37. The van der Waals surface area contributed by atoms with Crippen LogP contribution in [0.4, 0.5) is 5.69 Å². The average molecular weight is 507 g/mol. The lowest BCUT2D eigenvalue weighted by Crippen LogP contribution is -2.49. The molecular formula is C24H31ClN4O4S. The molecule has 8 nitrogen and oxygen atoms in total. The molecule has 1 amide bonds. The van der Waals surface area contributed by atoms with Crippen LogP contribution in [0, 0.1) is 0 Å². The maximum absolute atomic E-state index is 13.3. The molecule has 10 heteroatoms. The van der Waals surface area contributed by atoms with Crippen LogP contribution < -0.4 is 9.64 Å². The van der Waals surface area contributed by atoms with Crippen LogP contribution in [0.25, 0.3) is 0 Å². The number of piperazine rings is 2. The van der Waals surface area contributed by atoms with Crippen LogP contribution in [0.3, 0.4) is 0 Å². The summed E-state index contributed by atoms with van der Waals surface area (Å²) in [5.74, 6) is 0.582. The molecule has 0 N–H and O–H groups in total. The number of likely N-dealkylation sites (N-methyl/N-ethyl adjacent to an activating group) is 1. The standard InChI is InChI=1S/C24H31ClN4O4S/c1-3-26-10-16-29(17-11-26)34(31,32)21-8-9-23(33-2)22(18-21)27-12-14-28(15-13-27)24(30)19-4-6-20(25)7-5-19/h4-9,18H,3,10-17H2,1-2H3. The van der Waals surface area contributed by atoms with Gasteiger partial charge in [-0.25, -0.2) is 8.42 Å². The second-order valence-electron chi connectivity index (χ2n) is 8.46. The van der Waals surface area contributed by atoms with Crippen molar-refractivity contribution in [1.29, 1.82) is 0 Å². The fraction of sp³-hybridized carbons (Fsp3) is 0.458. The Morgan fingerprint density at radius 1 is 0.941 bits per heavy atom. The second kappa shape index (κ2) is 10.5. The third-order valence-electron chi connectivity index (χ3n) is 6.57. The summed E-state index contributed by atoms with van der Waals surface area (Å²) in [4.78, 5) is 19.2. The van der Waals surface area contributed by atoms with E-state index in [0.717, 1.165) is 25.3 Å². The van der Waals surface area contributed by atoms with E-state index in [0.29, 0.717) is 55.6 Å². The molecule has 34 heavy (non-hydrogen) atoms. The predicted octanol–water partition coefficient (Wildman–Crippen LogP) is 2.64. The number of rotatable bonds is 6. The Kier molecular flexibility index (Phi) is 7.67. The monoisotopic (exact) mass is 506 g/mol.